The van der Waals surface area contributed by atoms with Crippen LogP contribution in [0.4, 0.5) is 0 Å². The minimum Gasteiger partial charge on any atom is -0.497 e. The Morgan fingerprint density at radius 1 is 1.12 bits per heavy atom. The Kier molecular flexibility index (Phi) is 3.49. The number of benzene rings is 1. The van der Waals surface area contributed by atoms with Crippen molar-refractivity contribution in [1.82, 2.24) is 5.32 Å². The molecule has 1 aromatic rings. The van der Waals surface area contributed by atoms with E-state index in [-0.39, 0.29) is 5.54 Å². The first kappa shape index (κ1) is 11.5. The van der Waals surface area contributed by atoms with Crippen molar-refractivity contribution in [2.75, 3.05) is 13.7 Å². The molecule has 1 saturated heterocycles. The molecule has 0 saturated carbocycles. The lowest BCUT2D eigenvalue weighted by Crippen LogP contribution is -2.38. The average molecular weight is 219 g/mol. The Morgan fingerprint density at radius 3 is 2.56 bits per heavy atom. The van der Waals surface area contributed by atoms with Crippen molar-refractivity contribution in [2.24, 2.45) is 0 Å². The van der Waals surface area contributed by atoms with E-state index in [9.17, 15) is 0 Å². The Morgan fingerprint density at radius 2 is 1.88 bits per heavy atom. The minimum absolute atomic E-state index is 0.142. The lowest BCUT2D eigenvalue weighted by atomic mass is 9.87. The van der Waals surface area contributed by atoms with Crippen LogP contribution in [0.15, 0.2) is 24.3 Å². The molecular formula is C14H21NO. The van der Waals surface area contributed by atoms with E-state index in [1.54, 1.807) is 7.11 Å². The maximum absolute atomic E-state index is 5.19. The van der Waals surface area contributed by atoms with E-state index in [0.717, 1.165) is 12.3 Å². The van der Waals surface area contributed by atoms with Crippen LogP contribution in [0, 0.1) is 0 Å². The van der Waals surface area contributed by atoms with Crippen LogP contribution in [0.1, 0.15) is 38.2 Å². The second kappa shape index (κ2) is 4.88. The first-order chi connectivity index (χ1) is 7.74. The first-order valence-electron chi connectivity index (χ1n) is 6.14. The van der Waals surface area contributed by atoms with Crippen molar-refractivity contribution in [1.29, 1.82) is 0 Å². The predicted octanol–water partition coefficient (Wildman–Crippen LogP) is 3.07. The summed E-state index contributed by atoms with van der Waals surface area (Å²) in [6, 6.07) is 8.45. The van der Waals surface area contributed by atoms with Gasteiger partial charge in [-0.1, -0.05) is 25.0 Å². The van der Waals surface area contributed by atoms with E-state index in [1.165, 1.54) is 31.2 Å². The lowest BCUT2D eigenvalue weighted by Gasteiger charge is -2.30. The molecule has 2 heteroatoms. The smallest absolute Gasteiger partial charge is 0.118 e. The molecule has 0 amide bonds. The van der Waals surface area contributed by atoms with Crippen LogP contribution in [0.25, 0.3) is 0 Å². The number of ether oxygens (including phenoxy) is 1. The molecule has 0 radical (unpaired) electrons. The number of methoxy groups -OCH3 is 1. The summed E-state index contributed by atoms with van der Waals surface area (Å²) in [6.45, 7) is 3.43. The Balaban J connectivity index is 2.19. The van der Waals surface area contributed by atoms with Crippen LogP contribution in [-0.4, -0.2) is 13.7 Å². The fraction of sp³-hybridized carbons (Fsp3) is 0.571. The number of rotatable bonds is 2. The molecule has 0 aromatic heterocycles. The fourth-order valence-electron chi connectivity index (χ4n) is 2.44. The SMILES string of the molecule is COc1ccc(C2(C)CCCCCN2)cc1. The molecule has 16 heavy (non-hydrogen) atoms. The van der Waals surface area contributed by atoms with Gasteiger partial charge >= 0.3 is 0 Å². The lowest BCUT2D eigenvalue weighted by molar-refractivity contribution is 0.358. The molecule has 0 bridgehead atoms. The van der Waals surface area contributed by atoms with Gasteiger partial charge in [-0.05, 0) is 44.0 Å². The molecule has 1 fully saturated rings. The summed E-state index contributed by atoms with van der Waals surface area (Å²) in [4.78, 5) is 0. The van der Waals surface area contributed by atoms with Crippen LogP contribution in [-0.2, 0) is 5.54 Å². The summed E-state index contributed by atoms with van der Waals surface area (Å²) in [6.07, 6.45) is 5.18. The van der Waals surface area contributed by atoms with Gasteiger partial charge in [0.05, 0.1) is 7.11 Å². The van der Waals surface area contributed by atoms with Gasteiger partial charge in [-0.25, -0.2) is 0 Å². The van der Waals surface area contributed by atoms with E-state index in [4.69, 9.17) is 4.74 Å². The summed E-state index contributed by atoms with van der Waals surface area (Å²) in [5, 5.41) is 3.67. The van der Waals surface area contributed by atoms with Gasteiger partial charge in [-0.2, -0.15) is 0 Å². The van der Waals surface area contributed by atoms with Crippen LogP contribution < -0.4 is 10.1 Å². The molecule has 1 atom stereocenters. The molecule has 0 aliphatic carbocycles. The van der Waals surface area contributed by atoms with Crippen LogP contribution >= 0.6 is 0 Å². The molecule has 1 heterocycles. The fourth-order valence-corrected chi connectivity index (χ4v) is 2.44. The second-order valence-corrected chi connectivity index (χ2v) is 4.80. The van der Waals surface area contributed by atoms with Gasteiger partial charge in [-0.15, -0.1) is 0 Å². The largest absolute Gasteiger partial charge is 0.497 e. The highest BCUT2D eigenvalue weighted by Gasteiger charge is 2.26. The Labute approximate surface area is 98.0 Å². The Hall–Kier alpha value is -1.02. The van der Waals surface area contributed by atoms with Gasteiger partial charge in [0, 0.05) is 5.54 Å². The van der Waals surface area contributed by atoms with E-state index >= 15 is 0 Å². The highest BCUT2D eigenvalue weighted by molar-refractivity contribution is 5.31. The Bertz CT molecular complexity index is 323. The normalized spacial score (nSPS) is 26.1. The summed E-state index contributed by atoms with van der Waals surface area (Å²) < 4.78 is 5.19. The maximum atomic E-state index is 5.19. The van der Waals surface area contributed by atoms with Crippen LogP contribution in [0.3, 0.4) is 0 Å². The molecule has 0 spiro atoms. The monoisotopic (exact) mass is 219 g/mol. The quantitative estimate of drug-likeness (QED) is 0.825. The van der Waals surface area contributed by atoms with Gasteiger partial charge < -0.3 is 10.1 Å². The van der Waals surface area contributed by atoms with Gasteiger partial charge in [-0.3, -0.25) is 0 Å². The molecule has 1 N–H and O–H groups in total. The third kappa shape index (κ3) is 2.38. The van der Waals surface area contributed by atoms with Crippen molar-refractivity contribution < 1.29 is 4.74 Å². The standard InChI is InChI=1S/C14H21NO/c1-14(10-4-3-5-11-15-14)12-6-8-13(16-2)9-7-12/h6-9,15H,3-5,10-11H2,1-2H3. The maximum Gasteiger partial charge on any atom is 0.118 e. The topological polar surface area (TPSA) is 21.3 Å². The summed E-state index contributed by atoms with van der Waals surface area (Å²) in [5.74, 6) is 0.931. The number of hydrogen-bond donors (Lipinski definition) is 1. The molecule has 1 unspecified atom stereocenters. The van der Waals surface area contributed by atoms with E-state index in [0.29, 0.717) is 0 Å². The third-order valence-corrected chi connectivity index (χ3v) is 3.60. The minimum atomic E-state index is 0.142. The highest BCUT2D eigenvalue weighted by Crippen LogP contribution is 2.30. The average Bonchev–Trinajstić information content (AvgIpc) is 2.55. The third-order valence-electron chi connectivity index (χ3n) is 3.60. The van der Waals surface area contributed by atoms with Crippen molar-refractivity contribution in [2.45, 2.75) is 38.1 Å². The molecule has 2 nitrogen and oxygen atoms in total. The zero-order valence-corrected chi connectivity index (χ0v) is 10.3. The first-order valence-corrected chi connectivity index (χ1v) is 6.14. The van der Waals surface area contributed by atoms with E-state index in [1.807, 2.05) is 12.1 Å². The van der Waals surface area contributed by atoms with Gasteiger partial charge in [0.1, 0.15) is 5.75 Å². The predicted molar refractivity (Wildman–Crippen MR) is 66.8 cm³/mol. The second-order valence-electron chi connectivity index (χ2n) is 4.80. The zero-order valence-electron chi connectivity index (χ0n) is 10.3. The molecule has 2 rings (SSSR count). The molecule has 1 aromatic carbocycles. The van der Waals surface area contributed by atoms with Gasteiger partial charge in [0.25, 0.3) is 0 Å². The summed E-state index contributed by atoms with van der Waals surface area (Å²) >= 11 is 0. The number of hydrogen-bond acceptors (Lipinski definition) is 2. The van der Waals surface area contributed by atoms with Gasteiger partial charge in [0.2, 0.25) is 0 Å². The van der Waals surface area contributed by atoms with Gasteiger partial charge in [0.15, 0.2) is 0 Å². The summed E-state index contributed by atoms with van der Waals surface area (Å²) in [5.41, 5.74) is 1.51. The molecule has 88 valence electrons. The van der Waals surface area contributed by atoms with Crippen LogP contribution in [0.5, 0.6) is 5.75 Å². The van der Waals surface area contributed by atoms with Crippen molar-refractivity contribution in [3.05, 3.63) is 29.8 Å². The highest BCUT2D eigenvalue weighted by atomic mass is 16.5. The zero-order chi connectivity index (χ0) is 11.4. The van der Waals surface area contributed by atoms with Crippen molar-refractivity contribution in [3.8, 4) is 5.75 Å². The van der Waals surface area contributed by atoms with Crippen LogP contribution in [0.2, 0.25) is 0 Å². The van der Waals surface area contributed by atoms with Crippen molar-refractivity contribution >= 4 is 0 Å². The summed E-state index contributed by atoms with van der Waals surface area (Å²) in [7, 11) is 1.71. The van der Waals surface area contributed by atoms with Crippen molar-refractivity contribution in [3.63, 3.8) is 0 Å². The van der Waals surface area contributed by atoms with E-state index < -0.39 is 0 Å². The molecule has 1 aliphatic heterocycles. The number of nitrogens with one attached hydrogen (secondary N) is 1. The van der Waals surface area contributed by atoms with E-state index in [2.05, 4.69) is 24.4 Å². The molecule has 1 aliphatic rings. The molecular weight excluding hydrogens is 198 g/mol.